The van der Waals surface area contributed by atoms with Crippen molar-refractivity contribution in [3.63, 3.8) is 0 Å². The number of piperidine rings is 1. The van der Waals surface area contributed by atoms with Crippen molar-refractivity contribution in [2.75, 3.05) is 13.1 Å². The number of aromatic nitrogens is 3. The quantitative estimate of drug-likeness (QED) is 0.725. The van der Waals surface area contributed by atoms with Gasteiger partial charge in [0.15, 0.2) is 0 Å². The normalized spacial score (nSPS) is 18.5. The van der Waals surface area contributed by atoms with Crippen molar-refractivity contribution in [3.8, 4) is 0 Å². The van der Waals surface area contributed by atoms with Crippen LogP contribution in [0, 0.1) is 5.82 Å². The maximum atomic E-state index is 13.3. The SMILES string of the molecule is O=C(c1cscn1)N1CCC[C@H](n2cnc3cc(F)ccc32)C1. The molecule has 1 aliphatic heterocycles. The summed E-state index contributed by atoms with van der Waals surface area (Å²) in [5.74, 6) is -0.307. The summed E-state index contributed by atoms with van der Waals surface area (Å²) >= 11 is 1.42. The van der Waals surface area contributed by atoms with E-state index in [4.69, 9.17) is 0 Å². The third-order valence-corrected chi connectivity index (χ3v) is 4.85. The lowest BCUT2D eigenvalue weighted by molar-refractivity contribution is 0.0676. The number of likely N-dealkylation sites (tertiary alicyclic amines) is 1. The molecule has 1 aliphatic rings. The first kappa shape index (κ1) is 14.3. The number of benzene rings is 1. The molecule has 1 aromatic carbocycles. The molecule has 0 spiro atoms. The molecule has 0 radical (unpaired) electrons. The Hall–Kier alpha value is -2.28. The van der Waals surface area contributed by atoms with Gasteiger partial charge in [0.25, 0.3) is 5.91 Å². The van der Waals surface area contributed by atoms with Crippen molar-refractivity contribution < 1.29 is 9.18 Å². The summed E-state index contributed by atoms with van der Waals surface area (Å²) in [6.45, 7) is 1.37. The molecule has 1 atom stereocenters. The summed E-state index contributed by atoms with van der Waals surface area (Å²) in [5.41, 5.74) is 3.73. The van der Waals surface area contributed by atoms with Gasteiger partial charge in [0.1, 0.15) is 11.5 Å². The molecule has 1 fully saturated rings. The number of halogens is 1. The Labute approximate surface area is 136 Å². The van der Waals surface area contributed by atoms with Crippen molar-refractivity contribution >= 4 is 28.3 Å². The third kappa shape index (κ3) is 2.61. The van der Waals surface area contributed by atoms with Gasteiger partial charge < -0.3 is 9.47 Å². The first-order valence-corrected chi connectivity index (χ1v) is 8.46. The van der Waals surface area contributed by atoms with Crippen molar-refractivity contribution in [2.45, 2.75) is 18.9 Å². The fraction of sp³-hybridized carbons (Fsp3) is 0.312. The zero-order valence-corrected chi connectivity index (χ0v) is 13.2. The number of imidazole rings is 1. The van der Waals surface area contributed by atoms with Crippen molar-refractivity contribution in [2.24, 2.45) is 0 Å². The fourth-order valence-electron chi connectivity index (χ4n) is 3.14. The van der Waals surface area contributed by atoms with E-state index in [1.54, 1.807) is 23.3 Å². The monoisotopic (exact) mass is 330 g/mol. The second kappa shape index (κ2) is 5.73. The topological polar surface area (TPSA) is 51.0 Å². The molecular weight excluding hydrogens is 315 g/mol. The molecule has 3 aromatic rings. The first-order chi connectivity index (χ1) is 11.2. The second-order valence-corrected chi connectivity index (χ2v) is 6.42. The van der Waals surface area contributed by atoms with Crippen LogP contribution in [0.4, 0.5) is 4.39 Å². The minimum Gasteiger partial charge on any atom is -0.335 e. The van der Waals surface area contributed by atoms with E-state index in [9.17, 15) is 9.18 Å². The highest BCUT2D eigenvalue weighted by Gasteiger charge is 2.27. The zero-order valence-electron chi connectivity index (χ0n) is 12.4. The van der Waals surface area contributed by atoms with E-state index in [0.717, 1.165) is 24.9 Å². The molecule has 118 valence electrons. The van der Waals surface area contributed by atoms with Gasteiger partial charge in [-0.05, 0) is 25.0 Å². The Balaban J connectivity index is 1.60. The summed E-state index contributed by atoms with van der Waals surface area (Å²) in [4.78, 5) is 22.7. The van der Waals surface area contributed by atoms with Gasteiger partial charge in [0, 0.05) is 24.5 Å². The average molecular weight is 330 g/mol. The number of hydrogen-bond acceptors (Lipinski definition) is 4. The van der Waals surface area contributed by atoms with E-state index in [1.807, 2.05) is 4.90 Å². The molecule has 1 saturated heterocycles. The number of hydrogen-bond donors (Lipinski definition) is 0. The van der Waals surface area contributed by atoms with E-state index in [0.29, 0.717) is 17.8 Å². The number of thiazole rings is 1. The lowest BCUT2D eigenvalue weighted by Crippen LogP contribution is -2.40. The Morgan fingerprint density at radius 3 is 3.09 bits per heavy atom. The summed E-state index contributed by atoms with van der Waals surface area (Å²) < 4.78 is 15.4. The molecule has 0 aliphatic carbocycles. The van der Waals surface area contributed by atoms with Crippen LogP contribution in [0.1, 0.15) is 29.4 Å². The number of carbonyl (C=O) groups excluding carboxylic acids is 1. The molecule has 7 heteroatoms. The number of amides is 1. The van der Waals surface area contributed by atoms with Crippen LogP contribution in [0.2, 0.25) is 0 Å². The number of fused-ring (bicyclic) bond motifs is 1. The summed E-state index contributed by atoms with van der Waals surface area (Å²) in [7, 11) is 0. The minimum atomic E-state index is -0.285. The number of carbonyl (C=O) groups is 1. The average Bonchev–Trinajstić information content (AvgIpc) is 3.23. The van der Waals surface area contributed by atoms with Crippen molar-refractivity contribution in [1.82, 2.24) is 19.4 Å². The second-order valence-electron chi connectivity index (χ2n) is 5.71. The third-order valence-electron chi connectivity index (χ3n) is 4.27. The summed E-state index contributed by atoms with van der Waals surface area (Å²) in [5, 5.41) is 1.78. The van der Waals surface area contributed by atoms with Crippen LogP contribution < -0.4 is 0 Å². The number of nitrogens with zero attached hydrogens (tertiary/aromatic N) is 4. The van der Waals surface area contributed by atoms with E-state index in [2.05, 4.69) is 14.5 Å². The van der Waals surface area contributed by atoms with Crippen LogP contribution in [0.25, 0.3) is 11.0 Å². The molecule has 0 N–H and O–H groups in total. The van der Waals surface area contributed by atoms with Crippen molar-refractivity contribution in [3.05, 3.63) is 46.9 Å². The maximum absolute atomic E-state index is 13.3. The van der Waals surface area contributed by atoms with Crippen LogP contribution in [0.3, 0.4) is 0 Å². The molecule has 5 nitrogen and oxygen atoms in total. The predicted molar refractivity (Wildman–Crippen MR) is 86.0 cm³/mol. The Morgan fingerprint density at radius 2 is 2.26 bits per heavy atom. The zero-order chi connectivity index (χ0) is 15.8. The Bertz CT molecular complexity index is 845. The van der Waals surface area contributed by atoms with Gasteiger partial charge in [-0.1, -0.05) is 0 Å². The molecule has 2 aromatic heterocycles. The predicted octanol–water partition coefficient (Wildman–Crippen LogP) is 3.11. The highest BCUT2D eigenvalue weighted by Crippen LogP contribution is 2.26. The highest BCUT2D eigenvalue weighted by atomic mass is 32.1. The van der Waals surface area contributed by atoms with E-state index >= 15 is 0 Å². The summed E-state index contributed by atoms with van der Waals surface area (Å²) in [6.07, 6.45) is 3.65. The van der Waals surface area contributed by atoms with E-state index in [1.165, 1.54) is 23.5 Å². The standard InChI is InChI=1S/C16H15FN4OS/c17-11-3-4-15-13(6-11)18-9-21(15)12-2-1-5-20(7-12)16(22)14-8-23-10-19-14/h3-4,6,8-10,12H,1-2,5,7H2/t12-/m0/s1. The largest absolute Gasteiger partial charge is 0.335 e. The Kier molecular flexibility index (Phi) is 3.57. The van der Waals surface area contributed by atoms with Gasteiger partial charge >= 0.3 is 0 Å². The molecule has 0 saturated carbocycles. The molecule has 0 unspecified atom stereocenters. The van der Waals surface area contributed by atoms with Gasteiger partial charge in [-0.15, -0.1) is 11.3 Å². The van der Waals surface area contributed by atoms with Gasteiger partial charge in [0.2, 0.25) is 0 Å². The first-order valence-electron chi connectivity index (χ1n) is 7.52. The summed E-state index contributed by atoms with van der Waals surface area (Å²) in [6, 6.07) is 4.79. The van der Waals surface area contributed by atoms with E-state index < -0.39 is 0 Å². The van der Waals surface area contributed by atoms with Crippen LogP contribution in [0.15, 0.2) is 35.4 Å². The highest BCUT2D eigenvalue weighted by molar-refractivity contribution is 7.07. The molecule has 0 bridgehead atoms. The van der Waals surface area contributed by atoms with Crippen LogP contribution in [-0.2, 0) is 0 Å². The van der Waals surface area contributed by atoms with Crippen LogP contribution in [0.5, 0.6) is 0 Å². The molecule has 3 heterocycles. The van der Waals surface area contributed by atoms with Gasteiger partial charge in [-0.2, -0.15) is 0 Å². The lowest BCUT2D eigenvalue weighted by atomic mass is 10.0. The molecule has 1 amide bonds. The fourth-order valence-corrected chi connectivity index (χ4v) is 3.67. The van der Waals surface area contributed by atoms with E-state index in [-0.39, 0.29) is 17.8 Å². The van der Waals surface area contributed by atoms with Gasteiger partial charge in [0.05, 0.1) is 28.9 Å². The van der Waals surface area contributed by atoms with Gasteiger partial charge in [-0.3, -0.25) is 4.79 Å². The smallest absolute Gasteiger partial charge is 0.273 e. The lowest BCUT2D eigenvalue weighted by Gasteiger charge is -2.33. The Morgan fingerprint density at radius 1 is 1.35 bits per heavy atom. The number of rotatable bonds is 2. The molecule has 4 rings (SSSR count). The molecule has 23 heavy (non-hydrogen) atoms. The van der Waals surface area contributed by atoms with Gasteiger partial charge in [-0.25, -0.2) is 14.4 Å². The van der Waals surface area contributed by atoms with Crippen molar-refractivity contribution in [1.29, 1.82) is 0 Å². The minimum absolute atomic E-state index is 0.0218. The van der Waals surface area contributed by atoms with Crippen LogP contribution >= 0.6 is 11.3 Å². The molecular formula is C16H15FN4OS. The maximum Gasteiger partial charge on any atom is 0.273 e. The van der Waals surface area contributed by atoms with Crippen LogP contribution in [-0.4, -0.2) is 38.4 Å².